The fourth-order valence-electron chi connectivity index (χ4n) is 0.302. The number of aliphatic carboxylic acids is 1. The van der Waals surface area contributed by atoms with E-state index in [1.165, 1.54) is 0 Å². The Labute approximate surface area is 84.0 Å². The molecular formula is C4H5NaO6. The molecule has 0 bridgehead atoms. The van der Waals surface area contributed by atoms with Gasteiger partial charge in [-0.1, -0.05) is 0 Å². The summed E-state index contributed by atoms with van der Waals surface area (Å²) in [5.41, 5.74) is 0. The molecule has 1 atom stereocenters. The minimum absolute atomic E-state index is 0. The molecule has 58 valence electrons. The summed E-state index contributed by atoms with van der Waals surface area (Å²) < 4.78 is 0. The third kappa shape index (κ3) is 6.27. The van der Waals surface area contributed by atoms with Gasteiger partial charge in [0.25, 0.3) is 0 Å². The standard InChI is InChI=1S/C4H6O6.Na/c5-2(1-3(6)7)4(8)10-9;/h2,5,9H,1H2,(H,6,7);/q;+1/p-1. The Bertz CT molecular complexity index is 146. The van der Waals surface area contributed by atoms with Crippen LogP contribution in [0.15, 0.2) is 0 Å². The summed E-state index contributed by atoms with van der Waals surface area (Å²) in [7, 11) is 0. The first-order chi connectivity index (χ1) is 4.57. The van der Waals surface area contributed by atoms with Crippen LogP contribution in [-0.2, 0) is 14.5 Å². The zero-order valence-electron chi connectivity index (χ0n) is 5.81. The van der Waals surface area contributed by atoms with Crippen molar-refractivity contribution >= 4 is 11.9 Å². The van der Waals surface area contributed by atoms with Crippen molar-refractivity contribution in [2.45, 2.75) is 12.5 Å². The fraction of sp³-hybridized carbons (Fsp3) is 0.500. The van der Waals surface area contributed by atoms with E-state index >= 15 is 0 Å². The van der Waals surface area contributed by atoms with Crippen molar-refractivity contribution in [1.82, 2.24) is 0 Å². The summed E-state index contributed by atoms with van der Waals surface area (Å²) in [5.74, 6) is -3.01. The van der Waals surface area contributed by atoms with E-state index in [0.29, 0.717) is 0 Å². The molecule has 11 heavy (non-hydrogen) atoms. The number of carbonyl (C=O) groups excluding carboxylic acids is 2. The largest absolute Gasteiger partial charge is 1.00 e. The molecule has 0 saturated carbocycles. The van der Waals surface area contributed by atoms with Crippen LogP contribution in [0.3, 0.4) is 0 Å². The Balaban J connectivity index is 0. The number of rotatable bonds is 3. The van der Waals surface area contributed by atoms with E-state index < -0.39 is 24.5 Å². The fourth-order valence-corrected chi connectivity index (χ4v) is 0.302. The summed E-state index contributed by atoms with van der Waals surface area (Å²) in [6, 6.07) is 0. The van der Waals surface area contributed by atoms with Gasteiger partial charge in [-0.2, -0.15) is 5.26 Å². The quantitative estimate of drug-likeness (QED) is 0.250. The minimum Gasteiger partial charge on any atom is -0.550 e. The van der Waals surface area contributed by atoms with Crippen LogP contribution in [0.5, 0.6) is 0 Å². The summed E-state index contributed by atoms with van der Waals surface area (Å²) in [4.78, 5) is 22.7. The third-order valence-electron chi connectivity index (χ3n) is 0.722. The van der Waals surface area contributed by atoms with Crippen molar-refractivity contribution < 1.29 is 59.5 Å². The first kappa shape index (κ1) is 13.4. The van der Waals surface area contributed by atoms with Crippen LogP contribution in [0.2, 0.25) is 0 Å². The molecule has 0 aliphatic heterocycles. The summed E-state index contributed by atoms with van der Waals surface area (Å²) in [5, 5.41) is 25.7. The van der Waals surface area contributed by atoms with Crippen molar-refractivity contribution in [2.75, 3.05) is 0 Å². The van der Waals surface area contributed by atoms with Crippen molar-refractivity contribution in [3.63, 3.8) is 0 Å². The zero-order valence-corrected chi connectivity index (χ0v) is 7.81. The summed E-state index contributed by atoms with van der Waals surface area (Å²) in [6.07, 6.45) is -2.76. The third-order valence-corrected chi connectivity index (χ3v) is 0.722. The average molecular weight is 172 g/mol. The van der Waals surface area contributed by atoms with E-state index in [4.69, 9.17) is 10.4 Å². The molecule has 6 nitrogen and oxygen atoms in total. The molecule has 0 aromatic rings. The zero-order chi connectivity index (χ0) is 8.15. The van der Waals surface area contributed by atoms with Gasteiger partial charge in [0.1, 0.15) is 0 Å². The van der Waals surface area contributed by atoms with E-state index in [1.54, 1.807) is 0 Å². The molecule has 0 aliphatic carbocycles. The number of carbonyl (C=O) groups is 2. The normalized spacial score (nSPS) is 11.1. The molecule has 0 aromatic heterocycles. The van der Waals surface area contributed by atoms with E-state index in [9.17, 15) is 14.7 Å². The van der Waals surface area contributed by atoms with Crippen molar-refractivity contribution in [1.29, 1.82) is 0 Å². The molecule has 0 saturated heterocycles. The van der Waals surface area contributed by atoms with Crippen LogP contribution >= 0.6 is 0 Å². The average Bonchev–Trinajstić information content (AvgIpc) is 1.85. The van der Waals surface area contributed by atoms with E-state index in [1.807, 2.05) is 0 Å². The minimum atomic E-state index is -1.87. The van der Waals surface area contributed by atoms with Gasteiger partial charge in [0.15, 0.2) is 6.10 Å². The Morgan fingerprint density at radius 3 is 2.27 bits per heavy atom. The molecule has 0 fully saturated rings. The molecule has 0 heterocycles. The predicted octanol–water partition coefficient (Wildman–Crippen LogP) is -5.49. The van der Waals surface area contributed by atoms with Gasteiger partial charge in [0, 0.05) is 12.4 Å². The van der Waals surface area contributed by atoms with Gasteiger partial charge in [-0.15, -0.1) is 0 Å². The number of carboxylic acids is 1. The van der Waals surface area contributed by atoms with Crippen molar-refractivity contribution in [3.05, 3.63) is 0 Å². The SMILES string of the molecule is O=C([O-])CC(O)C(=O)OO.[Na+]. The van der Waals surface area contributed by atoms with Crippen LogP contribution in [-0.4, -0.2) is 28.4 Å². The molecule has 7 heteroatoms. The first-order valence-electron chi connectivity index (χ1n) is 2.31. The van der Waals surface area contributed by atoms with Crippen LogP contribution in [0, 0.1) is 0 Å². The molecule has 2 N–H and O–H groups in total. The van der Waals surface area contributed by atoms with Crippen LogP contribution in [0.1, 0.15) is 6.42 Å². The van der Waals surface area contributed by atoms with Gasteiger partial charge >= 0.3 is 35.5 Å². The second-order valence-electron chi connectivity index (χ2n) is 1.50. The molecule has 0 spiro atoms. The Hall–Kier alpha value is -0.140. The van der Waals surface area contributed by atoms with Gasteiger partial charge in [-0.05, 0) is 0 Å². The topological polar surface area (TPSA) is 107 Å². The maximum Gasteiger partial charge on any atom is 1.00 e. The number of carboxylic acid groups (broad SMARTS) is 1. The smallest absolute Gasteiger partial charge is 0.550 e. The predicted molar refractivity (Wildman–Crippen MR) is 24.4 cm³/mol. The van der Waals surface area contributed by atoms with Gasteiger partial charge < -0.3 is 15.0 Å². The number of aliphatic hydroxyl groups excluding tert-OH is 1. The van der Waals surface area contributed by atoms with Crippen LogP contribution in [0.4, 0.5) is 0 Å². The van der Waals surface area contributed by atoms with Gasteiger partial charge in [-0.25, -0.2) is 4.79 Å². The van der Waals surface area contributed by atoms with E-state index in [2.05, 4.69) is 4.89 Å². The van der Waals surface area contributed by atoms with Crippen LogP contribution in [0.25, 0.3) is 0 Å². The molecule has 0 radical (unpaired) electrons. The van der Waals surface area contributed by atoms with Gasteiger partial charge in [-0.3, -0.25) is 4.89 Å². The number of aliphatic hydroxyl groups is 1. The maximum absolute atomic E-state index is 10.0. The molecule has 0 aliphatic rings. The van der Waals surface area contributed by atoms with Crippen LogP contribution < -0.4 is 34.7 Å². The Kier molecular flexibility index (Phi) is 8.02. The monoisotopic (exact) mass is 172 g/mol. The number of hydrogen-bond donors (Lipinski definition) is 2. The maximum atomic E-state index is 10.0. The summed E-state index contributed by atoms with van der Waals surface area (Å²) >= 11 is 0. The van der Waals surface area contributed by atoms with Crippen molar-refractivity contribution in [2.24, 2.45) is 0 Å². The number of hydrogen-bond acceptors (Lipinski definition) is 6. The van der Waals surface area contributed by atoms with Gasteiger partial charge in [0.05, 0.1) is 0 Å². The Morgan fingerprint density at radius 2 is 2.00 bits per heavy atom. The summed E-state index contributed by atoms with van der Waals surface area (Å²) in [6.45, 7) is 0. The second-order valence-corrected chi connectivity index (χ2v) is 1.50. The van der Waals surface area contributed by atoms with Gasteiger partial charge in [0.2, 0.25) is 0 Å². The molecule has 0 aromatic carbocycles. The van der Waals surface area contributed by atoms with Crippen molar-refractivity contribution in [3.8, 4) is 0 Å². The Morgan fingerprint density at radius 1 is 1.55 bits per heavy atom. The molecule has 1 unspecified atom stereocenters. The second kappa shape index (κ2) is 6.56. The first-order valence-corrected chi connectivity index (χ1v) is 2.31. The molecule has 0 rings (SSSR count). The van der Waals surface area contributed by atoms with E-state index in [-0.39, 0.29) is 29.6 Å². The molecular weight excluding hydrogens is 167 g/mol. The van der Waals surface area contributed by atoms with E-state index in [0.717, 1.165) is 0 Å². The molecule has 0 amide bonds.